The van der Waals surface area contributed by atoms with Gasteiger partial charge in [-0.1, -0.05) is 18.2 Å². The lowest BCUT2D eigenvalue weighted by Crippen LogP contribution is -2.47. The summed E-state index contributed by atoms with van der Waals surface area (Å²) in [5, 5.41) is 5.84. The third-order valence-corrected chi connectivity index (χ3v) is 2.99. The summed E-state index contributed by atoms with van der Waals surface area (Å²) in [6.07, 6.45) is 2.21. The molecule has 4 heteroatoms. The first kappa shape index (κ1) is 11.9. The topological polar surface area (TPSA) is 44.4 Å². The molecule has 1 atom stereocenters. The predicted octanol–water partition coefficient (Wildman–Crippen LogP) is 1.90. The molecule has 0 saturated carbocycles. The number of hydrogen-bond acceptors (Lipinski definition) is 2. The van der Waals surface area contributed by atoms with Crippen molar-refractivity contribution < 1.29 is 4.79 Å². The second-order valence-electron chi connectivity index (χ2n) is 4.57. The van der Waals surface area contributed by atoms with E-state index in [1.807, 2.05) is 30.3 Å². The summed E-state index contributed by atoms with van der Waals surface area (Å²) in [6, 6.07) is 9.65. The monoisotopic (exact) mass is 233 g/mol. The lowest BCUT2D eigenvalue weighted by atomic mass is 10.1. The highest BCUT2D eigenvalue weighted by Gasteiger charge is 2.18. The first-order chi connectivity index (χ1) is 8.24. The third-order valence-electron chi connectivity index (χ3n) is 2.99. The summed E-state index contributed by atoms with van der Waals surface area (Å²) >= 11 is 0. The number of hydrogen-bond donors (Lipinski definition) is 2. The number of nitrogens with zero attached hydrogens (tertiary/aromatic N) is 1. The molecule has 1 aromatic rings. The number of likely N-dealkylation sites (N-methyl/N-ethyl adjacent to an activating group) is 1. The third kappa shape index (κ3) is 3.75. The van der Waals surface area contributed by atoms with Gasteiger partial charge in [0.2, 0.25) is 0 Å². The van der Waals surface area contributed by atoms with Crippen LogP contribution in [-0.4, -0.2) is 37.1 Å². The largest absolute Gasteiger partial charge is 0.334 e. The molecule has 1 aliphatic heterocycles. The maximum Gasteiger partial charge on any atom is 0.319 e. The lowest BCUT2D eigenvalue weighted by Gasteiger charge is -2.30. The van der Waals surface area contributed by atoms with Crippen LogP contribution in [0.5, 0.6) is 0 Å². The molecule has 0 unspecified atom stereocenters. The molecule has 92 valence electrons. The molecule has 2 amide bonds. The van der Waals surface area contributed by atoms with Crippen molar-refractivity contribution in [1.29, 1.82) is 0 Å². The van der Waals surface area contributed by atoms with Crippen molar-refractivity contribution >= 4 is 11.7 Å². The fraction of sp³-hybridized carbons (Fsp3) is 0.462. The van der Waals surface area contributed by atoms with Crippen molar-refractivity contribution in [3.05, 3.63) is 30.3 Å². The molecule has 0 radical (unpaired) electrons. The van der Waals surface area contributed by atoms with E-state index >= 15 is 0 Å². The molecular formula is C13H19N3O. The number of amides is 2. The van der Waals surface area contributed by atoms with Crippen LogP contribution in [0.2, 0.25) is 0 Å². The molecule has 0 aliphatic carbocycles. The van der Waals surface area contributed by atoms with Crippen LogP contribution < -0.4 is 10.6 Å². The minimum atomic E-state index is -0.114. The summed E-state index contributed by atoms with van der Waals surface area (Å²) in [4.78, 5) is 14.0. The molecule has 0 aromatic heterocycles. The van der Waals surface area contributed by atoms with Crippen molar-refractivity contribution in [2.75, 3.05) is 25.5 Å². The first-order valence-electron chi connectivity index (χ1n) is 6.05. The van der Waals surface area contributed by atoms with Crippen molar-refractivity contribution in [2.45, 2.75) is 18.9 Å². The Labute approximate surface area is 102 Å². The molecule has 1 aromatic carbocycles. The highest BCUT2D eigenvalue weighted by atomic mass is 16.2. The maximum atomic E-state index is 11.7. The zero-order valence-electron chi connectivity index (χ0n) is 10.1. The highest BCUT2D eigenvalue weighted by molar-refractivity contribution is 5.89. The number of rotatable bonds is 2. The Balaban J connectivity index is 1.81. The van der Waals surface area contributed by atoms with Gasteiger partial charge < -0.3 is 15.5 Å². The van der Waals surface area contributed by atoms with E-state index in [2.05, 4.69) is 22.6 Å². The van der Waals surface area contributed by atoms with E-state index < -0.39 is 0 Å². The van der Waals surface area contributed by atoms with E-state index in [-0.39, 0.29) is 12.1 Å². The summed E-state index contributed by atoms with van der Waals surface area (Å²) < 4.78 is 0. The van der Waals surface area contributed by atoms with Crippen molar-refractivity contribution in [3.8, 4) is 0 Å². The second-order valence-corrected chi connectivity index (χ2v) is 4.57. The summed E-state index contributed by atoms with van der Waals surface area (Å²) in [5.41, 5.74) is 0.828. The van der Waals surface area contributed by atoms with Gasteiger partial charge in [0.1, 0.15) is 0 Å². The van der Waals surface area contributed by atoms with Crippen LogP contribution in [0.15, 0.2) is 30.3 Å². The number of nitrogens with one attached hydrogen (secondary N) is 2. The average Bonchev–Trinajstić information content (AvgIpc) is 2.30. The van der Waals surface area contributed by atoms with E-state index in [4.69, 9.17) is 0 Å². The minimum absolute atomic E-state index is 0.114. The Hall–Kier alpha value is -1.55. The maximum absolute atomic E-state index is 11.7. The van der Waals surface area contributed by atoms with Gasteiger partial charge in [0.25, 0.3) is 0 Å². The van der Waals surface area contributed by atoms with E-state index in [1.54, 1.807) is 0 Å². The van der Waals surface area contributed by atoms with Gasteiger partial charge >= 0.3 is 6.03 Å². The lowest BCUT2D eigenvalue weighted by molar-refractivity contribution is 0.216. The number of piperidine rings is 1. The van der Waals surface area contributed by atoms with Crippen molar-refractivity contribution in [2.24, 2.45) is 0 Å². The highest BCUT2D eigenvalue weighted by Crippen LogP contribution is 2.09. The van der Waals surface area contributed by atoms with Gasteiger partial charge in [-0.05, 0) is 38.6 Å². The number of urea groups is 1. The second kappa shape index (κ2) is 5.68. The Morgan fingerprint density at radius 2 is 2.12 bits per heavy atom. The SMILES string of the molecule is CN1CCC[C@@H](NC(=O)Nc2ccccc2)C1. The van der Waals surface area contributed by atoms with Crippen LogP contribution in [0.25, 0.3) is 0 Å². The Bertz CT molecular complexity index is 366. The van der Waals surface area contributed by atoms with Gasteiger partial charge in [0.15, 0.2) is 0 Å². The normalized spacial score (nSPS) is 20.9. The molecule has 1 fully saturated rings. The van der Waals surface area contributed by atoms with Crippen LogP contribution in [0, 0.1) is 0 Å². The fourth-order valence-electron chi connectivity index (χ4n) is 2.16. The fourth-order valence-corrected chi connectivity index (χ4v) is 2.16. The minimum Gasteiger partial charge on any atom is -0.334 e. The predicted molar refractivity (Wildman–Crippen MR) is 69.1 cm³/mol. The number of benzene rings is 1. The zero-order chi connectivity index (χ0) is 12.1. The van der Waals surface area contributed by atoms with E-state index in [0.29, 0.717) is 0 Å². The molecule has 1 saturated heterocycles. The van der Waals surface area contributed by atoms with Gasteiger partial charge in [-0.25, -0.2) is 4.79 Å². The Kier molecular flexibility index (Phi) is 3.98. The number of anilines is 1. The van der Waals surface area contributed by atoms with E-state index in [9.17, 15) is 4.79 Å². The Morgan fingerprint density at radius 1 is 1.35 bits per heavy atom. The first-order valence-corrected chi connectivity index (χ1v) is 6.05. The standard InChI is InChI=1S/C13H19N3O/c1-16-9-5-8-12(10-16)15-13(17)14-11-6-3-2-4-7-11/h2-4,6-7,12H,5,8-10H2,1H3,(H2,14,15,17)/t12-/m1/s1. The average molecular weight is 233 g/mol. The van der Waals surface area contributed by atoms with Crippen LogP contribution in [0.3, 0.4) is 0 Å². The van der Waals surface area contributed by atoms with E-state index in [0.717, 1.165) is 31.6 Å². The van der Waals surface area contributed by atoms with Gasteiger partial charge in [-0.3, -0.25) is 0 Å². The van der Waals surface area contributed by atoms with E-state index in [1.165, 1.54) is 0 Å². The molecule has 17 heavy (non-hydrogen) atoms. The molecule has 0 bridgehead atoms. The van der Waals surface area contributed by atoms with Gasteiger partial charge in [-0.2, -0.15) is 0 Å². The molecule has 1 heterocycles. The zero-order valence-corrected chi connectivity index (χ0v) is 10.1. The Morgan fingerprint density at radius 3 is 2.82 bits per heavy atom. The van der Waals surface area contributed by atoms with Crippen LogP contribution in [-0.2, 0) is 0 Å². The van der Waals surface area contributed by atoms with Crippen molar-refractivity contribution in [3.63, 3.8) is 0 Å². The molecule has 4 nitrogen and oxygen atoms in total. The quantitative estimate of drug-likeness (QED) is 0.819. The van der Waals surface area contributed by atoms with Gasteiger partial charge in [0, 0.05) is 18.3 Å². The number of carbonyl (C=O) groups is 1. The number of carbonyl (C=O) groups excluding carboxylic acids is 1. The van der Waals surface area contributed by atoms with Crippen LogP contribution in [0.1, 0.15) is 12.8 Å². The molecule has 2 rings (SSSR count). The summed E-state index contributed by atoms with van der Waals surface area (Å²) in [7, 11) is 2.09. The molecular weight excluding hydrogens is 214 g/mol. The summed E-state index contributed by atoms with van der Waals surface area (Å²) in [6.45, 7) is 2.06. The number of likely N-dealkylation sites (tertiary alicyclic amines) is 1. The van der Waals surface area contributed by atoms with Crippen molar-refractivity contribution in [1.82, 2.24) is 10.2 Å². The molecule has 2 N–H and O–H groups in total. The number of para-hydroxylation sites is 1. The molecule has 0 spiro atoms. The molecule has 1 aliphatic rings. The van der Waals surface area contributed by atoms with Gasteiger partial charge in [0.05, 0.1) is 0 Å². The van der Waals surface area contributed by atoms with Gasteiger partial charge in [-0.15, -0.1) is 0 Å². The van der Waals surface area contributed by atoms with Crippen LogP contribution in [0.4, 0.5) is 10.5 Å². The van der Waals surface area contributed by atoms with Crippen LogP contribution >= 0.6 is 0 Å². The smallest absolute Gasteiger partial charge is 0.319 e. The summed E-state index contributed by atoms with van der Waals surface area (Å²) in [5.74, 6) is 0.